The minimum Gasteiger partial charge on any atom is -0.352 e. The summed E-state index contributed by atoms with van der Waals surface area (Å²) in [5.41, 5.74) is 0.326. The minimum atomic E-state index is -3.51. The van der Waals surface area contributed by atoms with Crippen LogP contribution in [0, 0.1) is 0 Å². The second-order valence-electron chi connectivity index (χ2n) is 6.71. The molecule has 11 heteroatoms. The van der Waals surface area contributed by atoms with Crippen molar-refractivity contribution in [2.45, 2.75) is 38.8 Å². The first-order valence-corrected chi connectivity index (χ1v) is 11.2. The van der Waals surface area contributed by atoms with E-state index in [1.807, 2.05) is 0 Å². The predicted molar refractivity (Wildman–Crippen MR) is 106 cm³/mol. The van der Waals surface area contributed by atoms with Crippen molar-refractivity contribution in [2.75, 3.05) is 17.5 Å². The number of halogens is 1. The van der Waals surface area contributed by atoms with Gasteiger partial charge in [-0.25, -0.2) is 17.9 Å². The summed E-state index contributed by atoms with van der Waals surface area (Å²) in [6, 6.07) is 4.35. The van der Waals surface area contributed by atoms with E-state index in [-0.39, 0.29) is 27.9 Å². The first-order valence-electron chi connectivity index (χ1n) is 8.96. The number of anilines is 1. The Morgan fingerprint density at radius 2 is 2.11 bits per heavy atom. The smallest absolute Gasteiger partial charge is 0.345 e. The molecule has 2 heterocycles. The van der Waals surface area contributed by atoms with E-state index >= 15 is 0 Å². The molecule has 9 nitrogen and oxygen atoms in total. The summed E-state index contributed by atoms with van der Waals surface area (Å²) in [6.07, 6.45) is 4.41. The SMILES string of the molecule is CS(=O)(=O)Nc1cc(C(=O)NCCCn2nc3n(c2=O)CCCC3)ccc1Cl. The van der Waals surface area contributed by atoms with E-state index in [0.29, 0.717) is 26.1 Å². The van der Waals surface area contributed by atoms with E-state index in [4.69, 9.17) is 11.6 Å². The summed E-state index contributed by atoms with van der Waals surface area (Å²) in [6.45, 7) is 1.48. The van der Waals surface area contributed by atoms with Crippen molar-refractivity contribution in [2.24, 2.45) is 0 Å². The zero-order valence-corrected chi connectivity index (χ0v) is 17.0. The third-order valence-electron chi connectivity index (χ3n) is 4.39. The van der Waals surface area contributed by atoms with Crippen molar-refractivity contribution in [3.8, 4) is 0 Å². The molecule has 0 atom stereocenters. The molecule has 28 heavy (non-hydrogen) atoms. The van der Waals surface area contributed by atoms with Crippen LogP contribution in [-0.4, -0.2) is 41.5 Å². The van der Waals surface area contributed by atoms with E-state index in [1.54, 1.807) is 4.57 Å². The van der Waals surface area contributed by atoms with Crippen LogP contribution in [0.5, 0.6) is 0 Å². The van der Waals surface area contributed by atoms with Crippen LogP contribution in [0.4, 0.5) is 5.69 Å². The lowest BCUT2D eigenvalue weighted by Gasteiger charge is -2.09. The molecule has 1 aliphatic heterocycles. The number of aromatic nitrogens is 3. The molecule has 1 aromatic heterocycles. The van der Waals surface area contributed by atoms with Crippen LogP contribution in [0.15, 0.2) is 23.0 Å². The van der Waals surface area contributed by atoms with Gasteiger partial charge >= 0.3 is 5.69 Å². The molecular weight excluding hydrogens is 406 g/mol. The van der Waals surface area contributed by atoms with Crippen LogP contribution in [0.2, 0.25) is 5.02 Å². The summed E-state index contributed by atoms with van der Waals surface area (Å²) < 4.78 is 28.2. The maximum atomic E-state index is 12.3. The normalized spacial score (nSPS) is 13.8. The highest BCUT2D eigenvalue weighted by atomic mass is 35.5. The van der Waals surface area contributed by atoms with Gasteiger partial charge in [-0.2, -0.15) is 5.10 Å². The van der Waals surface area contributed by atoms with E-state index in [2.05, 4.69) is 15.1 Å². The maximum absolute atomic E-state index is 12.3. The third kappa shape index (κ3) is 4.93. The highest BCUT2D eigenvalue weighted by Gasteiger charge is 2.16. The Kier molecular flexibility index (Phi) is 6.09. The van der Waals surface area contributed by atoms with Crippen LogP contribution < -0.4 is 15.7 Å². The average molecular weight is 428 g/mol. The number of hydrogen-bond acceptors (Lipinski definition) is 5. The number of aryl methyl sites for hydroxylation is 2. The number of carbonyl (C=O) groups excluding carboxylic acids is 1. The molecule has 1 aliphatic rings. The van der Waals surface area contributed by atoms with Crippen LogP contribution >= 0.6 is 11.6 Å². The molecule has 0 spiro atoms. The molecule has 1 amide bonds. The van der Waals surface area contributed by atoms with Gasteiger partial charge in [-0.05, 0) is 37.5 Å². The van der Waals surface area contributed by atoms with Crippen molar-refractivity contribution in [3.63, 3.8) is 0 Å². The summed E-state index contributed by atoms with van der Waals surface area (Å²) in [4.78, 5) is 24.5. The topological polar surface area (TPSA) is 115 Å². The zero-order chi connectivity index (χ0) is 20.3. The number of hydrogen-bond donors (Lipinski definition) is 2. The number of rotatable bonds is 7. The number of benzene rings is 1. The van der Waals surface area contributed by atoms with Gasteiger partial charge in [-0.3, -0.25) is 14.1 Å². The minimum absolute atomic E-state index is 0.102. The van der Waals surface area contributed by atoms with Gasteiger partial charge in [0.05, 0.1) is 17.0 Å². The number of nitrogens with one attached hydrogen (secondary N) is 2. The highest BCUT2D eigenvalue weighted by Crippen LogP contribution is 2.23. The Morgan fingerprint density at radius 1 is 1.32 bits per heavy atom. The monoisotopic (exact) mass is 427 g/mol. The van der Waals surface area contributed by atoms with Crippen molar-refractivity contribution >= 4 is 33.2 Å². The second-order valence-corrected chi connectivity index (χ2v) is 8.86. The molecule has 2 N–H and O–H groups in total. The maximum Gasteiger partial charge on any atom is 0.345 e. The number of amides is 1. The molecule has 0 unspecified atom stereocenters. The molecule has 0 radical (unpaired) electrons. The lowest BCUT2D eigenvalue weighted by atomic mass is 10.2. The number of nitrogens with zero attached hydrogens (tertiary/aromatic N) is 3. The zero-order valence-electron chi connectivity index (χ0n) is 15.4. The Hall–Kier alpha value is -2.33. The number of sulfonamides is 1. The second kappa shape index (κ2) is 8.36. The van der Waals surface area contributed by atoms with Gasteiger partial charge in [0.1, 0.15) is 5.82 Å². The fourth-order valence-electron chi connectivity index (χ4n) is 3.07. The molecule has 2 aromatic rings. The van der Waals surface area contributed by atoms with E-state index < -0.39 is 10.0 Å². The molecule has 0 aliphatic carbocycles. The van der Waals surface area contributed by atoms with Crippen molar-refractivity contribution in [1.29, 1.82) is 0 Å². The van der Waals surface area contributed by atoms with Crippen molar-refractivity contribution < 1.29 is 13.2 Å². The largest absolute Gasteiger partial charge is 0.352 e. The van der Waals surface area contributed by atoms with Gasteiger partial charge in [0.25, 0.3) is 5.91 Å². The Balaban J connectivity index is 1.56. The third-order valence-corrected chi connectivity index (χ3v) is 5.31. The molecule has 0 fully saturated rings. The van der Waals surface area contributed by atoms with Gasteiger partial charge in [0.2, 0.25) is 10.0 Å². The Labute approximate surface area is 167 Å². The molecule has 0 bridgehead atoms. The van der Waals surface area contributed by atoms with Gasteiger partial charge in [0.15, 0.2) is 0 Å². The van der Waals surface area contributed by atoms with Crippen LogP contribution in [0.3, 0.4) is 0 Å². The fraction of sp³-hybridized carbons (Fsp3) is 0.471. The first kappa shape index (κ1) is 20.4. The van der Waals surface area contributed by atoms with Gasteiger partial charge < -0.3 is 5.32 Å². The number of fused-ring (bicyclic) bond motifs is 1. The highest BCUT2D eigenvalue weighted by molar-refractivity contribution is 7.92. The summed E-state index contributed by atoms with van der Waals surface area (Å²) in [7, 11) is -3.51. The van der Waals surface area contributed by atoms with Gasteiger partial charge in [-0.1, -0.05) is 11.6 Å². The van der Waals surface area contributed by atoms with Crippen LogP contribution in [0.25, 0.3) is 0 Å². The molecular formula is C17H22ClN5O4S. The Morgan fingerprint density at radius 3 is 2.82 bits per heavy atom. The van der Waals surface area contributed by atoms with E-state index in [0.717, 1.165) is 31.3 Å². The van der Waals surface area contributed by atoms with Crippen molar-refractivity contribution in [3.05, 3.63) is 45.1 Å². The molecule has 0 saturated heterocycles. The Bertz CT molecular complexity index is 1040. The fourth-order valence-corrected chi connectivity index (χ4v) is 3.86. The quantitative estimate of drug-likeness (QED) is 0.645. The average Bonchev–Trinajstić information content (AvgIpc) is 2.95. The molecule has 152 valence electrons. The summed E-state index contributed by atoms with van der Waals surface area (Å²) in [5.74, 6) is 0.469. The lowest BCUT2D eigenvalue weighted by Crippen LogP contribution is -2.29. The summed E-state index contributed by atoms with van der Waals surface area (Å²) in [5, 5.41) is 7.30. The molecule has 3 rings (SSSR count). The van der Waals surface area contributed by atoms with Crippen molar-refractivity contribution in [1.82, 2.24) is 19.7 Å². The standard InChI is InChI=1S/C17H22ClN5O4S/c1-28(26,27)21-14-11-12(6-7-13(14)18)16(24)19-8-4-10-23-17(25)22-9-3-2-5-15(22)20-23/h6-7,11,21H,2-5,8-10H2,1H3,(H,19,24). The lowest BCUT2D eigenvalue weighted by molar-refractivity contribution is 0.0952. The summed E-state index contributed by atoms with van der Waals surface area (Å²) >= 11 is 5.96. The van der Waals surface area contributed by atoms with Gasteiger partial charge in [-0.15, -0.1) is 0 Å². The predicted octanol–water partition coefficient (Wildman–Crippen LogP) is 1.23. The molecule has 0 saturated carbocycles. The molecule has 1 aromatic carbocycles. The van der Waals surface area contributed by atoms with Crippen LogP contribution in [-0.2, 0) is 29.5 Å². The van der Waals surface area contributed by atoms with E-state index in [9.17, 15) is 18.0 Å². The van der Waals surface area contributed by atoms with E-state index in [1.165, 1.54) is 22.9 Å². The first-order chi connectivity index (χ1) is 13.2. The van der Waals surface area contributed by atoms with Gasteiger partial charge in [0, 0.05) is 31.6 Å². The number of carbonyl (C=O) groups is 1. The van der Waals surface area contributed by atoms with Crippen LogP contribution in [0.1, 0.15) is 35.4 Å².